The van der Waals surface area contributed by atoms with Crippen LogP contribution in [-0.2, 0) is 0 Å². The molecule has 2 atom stereocenters. The molecule has 0 spiro atoms. The van der Waals surface area contributed by atoms with E-state index in [1.165, 1.54) is 24.8 Å². The molecule has 0 heterocycles. The Balaban J connectivity index is 2.92. The van der Waals surface area contributed by atoms with Crippen molar-refractivity contribution < 1.29 is 0 Å². The Morgan fingerprint density at radius 1 is 1.10 bits per heavy atom. The summed E-state index contributed by atoms with van der Waals surface area (Å²) in [6.07, 6.45) is 3.79. The van der Waals surface area contributed by atoms with Crippen molar-refractivity contribution in [2.24, 2.45) is 5.73 Å². The van der Waals surface area contributed by atoms with Gasteiger partial charge in [0.25, 0.3) is 0 Å². The lowest BCUT2D eigenvalue weighted by atomic mass is 9.97. The Hall–Kier alpha value is -0.380. The molecule has 0 amide bonds. The molecular formula is C17H29BrN2. The summed E-state index contributed by atoms with van der Waals surface area (Å²) in [6, 6.07) is 9.51. The van der Waals surface area contributed by atoms with Gasteiger partial charge in [-0.05, 0) is 51.4 Å². The molecule has 0 aliphatic heterocycles. The van der Waals surface area contributed by atoms with Gasteiger partial charge in [0.05, 0.1) is 0 Å². The van der Waals surface area contributed by atoms with E-state index in [2.05, 4.69) is 72.8 Å². The van der Waals surface area contributed by atoms with Gasteiger partial charge < -0.3 is 5.73 Å². The van der Waals surface area contributed by atoms with Gasteiger partial charge in [-0.1, -0.05) is 47.8 Å². The average molecular weight is 341 g/mol. The predicted molar refractivity (Wildman–Crippen MR) is 91.9 cm³/mol. The van der Waals surface area contributed by atoms with Crippen LogP contribution in [-0.4, -0.2) is 23.5 Å². The minimum atomic E-state index is 0.125. The van der Waals surface area contributed by atoms with E-state index in [0.29, 0.717) is 12.1 Å². The number of rotatable bonds is 8. The predicted octanol–water partition coefficient (Wildman–Crippen LogP) is 4.74. The Morgan fingerprint density at radius 3 is 2.15 bits per heavy atom. The Kier molecular flexibility index (Phi) is 7.78. The molecule has 114 valence electrons. The number of hydrogen-bond acceptors (Lipinski definition) is 2. The summed E-state index contributed by atoms with van der Waals surface area (Å²) in [5, 5.41) is 0. The van der Waals surface area contributed by atoms with Gasteiger partial charge in [-0.3, -0.25) is 4.90 Å². The molecular weight excluding hydrogens is 312 g/mol. The zero-order chi connectivity index (χ0) is 15.1. The molecule has 0 aliphatic carbocycles. The van der Waals surface area contributed by atoms with Crippen LogP contribution >= 0.6 is 15.9 Å². The first-order chi connectivity index (χ1) is 9.47. The smallest absolute Gasteiger partial charge is 0.0499 e. The molecule has 1 aromatic rings. The summed E-state index contributed by atoms with van der Waals surface area (Å²) in [7, 11) is 0. The minimum absolute atomic E-state index is 0.125. The Labute approximate surface area is 132 Å². The van der Waals surface area contributed by atoms with E-state index in [9.17, 15) is 0 Å². The molecule has 0 radical (unpaired) electrons. The summed E-state index contributed by atoms with van der Waals surface area (Å²) >= 11 is 3.50. The largest absolute Gasteiger partial charge is 0.326 e. The van der Waals surface area contributed by atoms with Gasteiger partial charge in [0, 0.05) is 22.6 Å². The molecule has 2 nitrogen and oxygen atoms in total. The average Bonchev–Trinajstić information content (AvgIpc) is 2.39. The molecule has 1 rings (SSSR count). The van der Waals surface area contributed by atoms with Crippen molar-refractivity contribution in [1.29, 1.82) is 0 Å². The topological polar surface area (TPSA) is 29.3 Å². The third-order valence-electron chi connectivity index (χ3n) is 3.75. The van der Waals surface area contributed by atoms with Crippen molar-refractivity contribution in [2.45, 2.75) is 65.1 Å². The van der Waals surface area contributed by atoms with Crippen LogP contribution in [0.1, 0.15) is 58.6 Å². The highest BCUT2D eigenvalue weighted by Crippen LogP contribution is 2.27. The maximum Gasteiger partial charge on any atom is 0.0499 e. The number of halogens is 1. The van der Waals surface area contributed by atoms with E-state index in [4.69, 9.17) is 5.73 Å². The van der Waals surface area contributed by atoms with Gasteiger partial charge in [0.1, 0.15) is 0 Å². The fourth-order valence-corrected chi connectivity index (χ4v) is 2.98. The molecule has 0 aromatic heterocycles. The third kappa shape index (κ3) is 5.19. The molecule has 2 unspecified atom stereocenters. The zero-order valence-electron chi connectivity index (χ0n) is 13.3. The van der Waals surface area contributed by atoms with Crippen molar-refractivity contribution in [3.05, 3.63) is 34.3 Å². The number of nitrogens with two attached hydrogens (primary N) is 1. The van der Waals surface area contributed by atoms with Crippen molar-refractivity contribution in [3.8, 4) is 0 Å². The van der Waals surface area contributed by atoms with E-state index in [0.717, 1.165) is 11.0 Å². The van der Waals surface area contributed by atoms with Crippen LogP contribution in [0.25, 0.3) is 0 Å². The van der Waals surface area contributed by atoms with Gasteiger partial charge in [-0.15, -0.1) is 0 Å². The van der Waals surface area contributed by atoms with Crippen LogP contribution in [0.3, 0.4) is 0 Å². The molecule has 20 heavy (non-hydrogen) atoms. The molecule has 0 fully saturated rings. The zero-order valence-corrected chi connectivity index (χ0v) is 14.9. The highest BCUT2D eigenvalue weighted by Gasteiger charge is 2.25. The summed E-state index contributed by atoms with van der Waals surface area (Å²) in [4.78, 5) is 2.55. The quantitative estimate of drug-likeness (QED) is 0.692. The second-order valence-corrected chi connectivity index (χ2v) is 6.81. The molecule has 0 bridgehead atoms. The fraction of sp³-hybridized carbons (Fsp3) is 0.647. The summed E-state index contributed by atoms with van der Waals surface area (Å²) in [6.45, 7) is 10.0. The summed E-state index contributed by atoms with van der Waals surface area (Å²) in [5.41, 5.74) is 7.61. The Morgan fingerprint density at radius 2 is 1.70 bits per heavy atom. The number of benzene rings is 1. The molecule has 0 aliphatic rings. The van der Waals surface area contributed by atoms with E-state index >= 15 is 0 Å². The van der Waals surface area contributed by atoms with Crippen molar-refractivity contribution >= 4 is 15.9 Å². The van der Waals surface area contributed by atoms with Gasteiger partial charge >= 0.3 is 0 Å². The van der Waals surface area contributed by atoms with E-state index in [1.807, 2.05) is 0 Å². The maximum atomic E-state index is 6.30. The number of unbranched alkanes of at least 4 members (excludes halogenated alkanes) is 2. The Bertz CT molecular complexity index is 373. The summed E-state index contributed by atoms with van der Waals surface area (Å²) < 4.78 is 1.12. The lowest BCUT2D eigenvalue weighted by molar-refractivity contribution is 0.133. The number of hydrogen-bond donors (Lipinski definition) is 1. The van der Waals surface area contributed by atoms with E-state index in [-0.39, 0.29) is 6.04 Å². The molecule has 1 aromatic carbocycles. The van der Waals surface area contributed by atoms with Gasteiger partial charge in [-0.2, -0.15) is 0 Å². The van der Waals surface area contributed by atoms with Crippen LogP contribution in [0.4, 0.5) is 0 Å². The SMILES string of the molecule is CCCCCN(C(C)C)C(c1ccc(Br)cc1)C(C)N. The lowest BCUT2D eigenvalue weighted by Gasteiger charge is -2.37. The standard InChI is InChI=1S/C17H29BrN2/c1-5-6-7-12-20(13(2)3)17(14(4)19)15-8-10-16(18)11-9-15/h8-11,13-14,17H,5-7,12,19H2,1-4H3. The normalized spacial score (nSPS) is 14.8. The second-order valence-electron chi connectivity index (χ2n) is 5.89. The third-order valence-corrected chi connectivity index (χ3v) is 4.28. The summed E-state index contributed by atoms with van der Waals surface area (Å²) in [5.74, 6) is 0. The van der Waals surface area contributed by atoms with Crippen LogP contribution in [0, 0.1) is 0 Å². The van der Waals surface area contributed by atoms with E-state index in [1.54, 1.807) is 0 Å². The fourth-order valence-electron chi connectivity index (χ4n) is 2.72. The monoisotopic (exact) mass is 340 g/mol. The van der Waals surface area contributed by atoms with Crippen LogP contribution in [0.5, 0.6) is 0 Å². The van der Waals surface area contributed by atoms with Gasteiger partial charge in [0.15, 0.2) is 0 Å². The lowest BCUT2D eigenvalue weighted by Crippen LogP contribution is -2.43. The van der Waals surface area contributed by atoms with Crippen molar-refractivity contribution in [1.82, 2.24) is 4.90 Å². The van der Waals surface area contributed by atoms with E-state index < -0.39 is 0 Å². The van der Waals surface area contributed by atoms with Crippen molar-refractivity contribution in [2.75, 3.05) is 6.54 Å². The highest BCUT2D eigenvalue weighted by molar-refractivity contribution is 9.10. The first-order valence-electron chi connectivity index (χ1n) is 7.74. The first-order valence-corrected chi connectivity index (χ1v) is 8.53. The van der Waals surface area contributed by atoms with Crippen molar-refractivity contribution in [3.63, 3.8) is 0 Å². The van der Waals surface area contributed by atoms with Crippen LogP contribution in [0.2, 0.25) is 0 Å². The maximum absolute atomic E-state index is 6.30. The van der Waals surface area contributed by atoms with Gasteiger partial charge in [0.2, 0.25) is 0 Å². The van der Waals surface area contributed by atoms with Crippen LogP contribution < -0.4 is 5.73 Å². The molecule has 0 saturated carbocycles. The molecule has 0 saturated heterocycles. The second kappa shape index (κ2) is 8.81. The molecule has 3 heteroatoms. The van der Waals surface area contributed by atoms with Gasteiger partial charge in [-0.25, -0.2) is 0 Å². The highest BCUT2D eigenvalue weighted by atomic mass is 79.9. The minimum Gasteiger partial charge on any atom is -0.326 e. The molecule has 2 N–H and O–H groups in total. The number of nitrogens with zero attached hydrogens (tertiary/aromatic N) is 1. The first kappa shape index (κ1) is 17.7. The van der Waals surface area contributed by atoms with Crippen LogP contribution in [0.15, 0.2) is 28.7 Å².